The number of aliphatic hydroxyl groups is 1. The maximum absolute atomic E-state index is 12.4. The van der Waals surface area contributed by atoms with Crippen molar-refractivity contribution in [3.05, 3.63) is 144 Å². The third-order valence-electron chi connectivity index (χ3n) is 7.19. The summed E-state index contributed by atoms with van der Waals surface area (Å²) in [6.07, 6.45) is -3.42. The molecule has 0 spiro atoms. The Kier molecular flexibility index (Phi) is 10.1. The van der Waals surface area contributed by atoms with E-state index in [4.69, 9.17) is 23.7 Å². The molecule has 0 saturated carbocycles. The van der Waals surface area contributed by atoms with Crippen LogP contribution in [0.1, 0.15) is 29.2 Å². The summed E-state index contributed by atoms with van der Waals surface area (Å²) in [6.45, 7) is 1.90. The number of carbonyl (C=O) groups excluding carboxylic acids is 1. The van der Waals surface area contributed by atoms with Crippen LogP contribution in [0.2, 0.25) is 0 Å². The van der Waals surface area contributed by atoms with Crippen LogP contribution in [0.4, 0.5) is 0 Å². The third kappa shape index (κ3) is 7.50. The Balaban J connectivity index is 1.54. The van der Waals surface area contributed by atoms with E-state index < -0.39 is 36.2 Å². The fourth-order valence-corrected chi connectivity index (χ4v) is 5.09. The van der Waals surface area contributed by atoms with Crippen molar-refractivity contribution in [1.82, 2.24) is 0 Å². The molecular weight excluding hydrogens is 532 g/mol. The molecule has 42 heavy (non-hydrogen) atoms. The summed E-state index contributed by atoms with van der Waals surface area (Å²) in [5.41, 5.74) is 3.33. The molecule has 1 N–H and O–H groups in total. The maximum atomic E-state index is 12.4. The van der Waals surface area contributed by atoms with Gasteiger partial charge in [-0.05, 0) is 16.7 Å². The molecule has 1 saturated heterocycles. The van der Waals surface area contributed by atoms with E-state index in [1.165, 1.54) is 6.92 Å². The van der Waals surface area contributed by atoms with Crippen LogP contribution in [-0.4, -0.2) is 42.1 Å². The molecule has 0 radical (unpaired) electrons. The number of hydrogen-bond acceptors (Lipinski definition) is 7. The van der Waals surface area contributed by atoms with Crippen molar-refractivity contribution in [2.24, 2.45) is 0 Å². The van der Waals surface area contributed by atoms with Crippen molar-refractivity contribution in [1.29, 1.82) is 0 Å². The molecule has 0 bridgehead atoms. The molecule has 0 unspecified atom stereocenters. The van der Waals surface area contributed by atoms with Crippen LogP contribution in [-0.2, 0) is 54.1 Å². The highest BCUT2D eigenvalue weighted by Crippen LogP contribution is 2.41. The summed E-state index contributed by atoms with van der Waals surface area (Å²) in [5, 5.41) is 12.4. The second kappa shape index (κ2) is 14.4. The van der Waals surface area contributed by atoms with Gasteiger partial charge in [0.25, 0.3) is 0 Å². The second-order valence-corrected chi connectivity index (χ2v) is 10.3. The zero-order valence-electron chi connectivity index (χ0n) is 23.6. The van der Waals surface area contributed by atoms with Crippen LogP contribution in [0.3, 0.4) is 0 Å². The van der Waals surface area contributed by atoms with Crippen LogP contribution in [0, 0.1) is 0 Å². The molecule has 4 aromatic carbocycles. The smallest absolute Gasteiger partial charge is 0.302 e. The summed E-state index contributed by atoms with van der Waals surface area (Å²) in [7, 11) is 0. The Morgan fingerprint density at radius 1 is 0.667 bits per heavy atom. The monoisotopic (exact) mass is 568 g/mol. The van der Waals surface area contributed by atoms with Crippen molar-refractivity contribution in [2.45, 2.75) is 56.9 Å². The predicted octanol–water partition coefficient (Wildman–Crippen LogP) is 5.55. The molecule has 1 aliphatic heterocycles. The van der Waals surface area contributed by atoms with Crippen LogP contribution in [0.5, 0.6) is 0 Å². The van der Waals surface area contributed by atoms with Gasteiger partial charge in [0.2, 0.25) is 5.79 Å². The minimum atomic E-state index is -1.94. The van der Waals surface area contributed by atoms with E-state index in [0.717, 1.165) is 16.7 Å². The normalized spacial score (nSPS) is 23.8. The van der Waals surface area contributed by atoms with E-state index >= 15 is 0 Å². The average molecular weight is 569 g/mol. The fraction of sp³-hybridized carbons (Fsp3) is 0.286. The summed E-state index contributed by atoms with van der Waals surface area (Å²) >= 11 is 0. The molecule has 1 fully saturated rings. The molecule has 0 aromatic heterocycles. The van der Waals surface area contributed by atoms with Crippen molar-refractivity contribution in [2.75, 3.05) is 6.61 Å². The molecule has 5 atom stereocenters. The van der Waals surface area contributed by atoms with Gasteiger partial charge in [-0.2, -0.15) is 0 Å². The van der Waals surface area contributed by atoms with Gasteiger partial charge in [0, 0.05) is 12.5 Å². The first kappa shape index (κ1) is 29.6. The minimum Gasteiger partial charge on any atom is -0.463 e. The van der Waals surface area contributed by atoms with E-state index in [9.17, 15) is 9.90 Å². The third-order valence-corrected chi connectivity index (χ3v) is 7.19. The highest BCUT2D eigenvalue weighted by molar-refractivity contribution is 5.65. The van der Waals surface area contributed by atoms with Gasteiger partial charge in [-0.1, -0.05) is 121 Å². The number of hydrogen-bond donors (Lipinski definition) is 1. The summed E-state index contributed by atoms with van der Waals surface area (Å²) < 4.78 is 31.5. The number of benzene rings is 4. The van der Waals surface area contributed by atoms with Crippen LogP contribution >= 0.6 is 0 Å². The second-order valence-electron chi connectivity index (χ2n) is 10.3. The van der Waals surface area contributed by atoms with Crippen LogP contribution < -0.4 is 0 Å². The molecule has 218 valence electrons. The van der Waals surface area contributed by atoms with E-state index in [0.29, 0.717) is 5.56 Å². The first-order valence-corrected chi connectivity index (χ1v) is 14.1. The van der Waals surface area contributed by atoms with Gasteiger partial charge >= 0.3 is 5.97 Å². The van der Waals surface area contributed by atoms with Crippen molar-refractivity contribution < 1.29 is 33.6 Å². The molecule has 1 aliphatic rings. The summed E-state index contributed by atoms with van der Waals surface area (Å²) in [4.78, 5) is 11.9. The molecule has 5 rings (SSSR count). The molecule has 0 amide bonds. The van der Waals surface area contributed by atoms with Gasteiger partial charge in [0.15, 0.2) is 0 Å². The molecular formula is C35H36O7. The van der Waals surface area contributed by atoms with Gasteiger partial charge in [0.05, 0.1) is 19.8 Å². The van der Waals surface area contributed by atoms with Gasteiger partial charge in [-0.25, -0.2) is 0 Å². The van der Waals surface area contributed by atoms with E-state index in [1.807, 2.05) is 109 Å². The SMILES string of the molecule is CC(=O)OC[C@H]1O[C@@](O)(c2ccccc2)[C@H](OCc2ccccc2)[C@@H](OCc2ccccc2)[C@@H]1OCc1ccccc1. The van der Waals surface area contributed by atoms with Gasteiger partial charge in [-0.15, -0.1) is 0 Å². The Hall–Kier alpha value is -3.85. The van der Waals surface area contributed by atoms with E-state index in [1.54, 1.807) is 12.1 Å². The largest absolute Gasteiger partial charge is 0.463 e. The quantitative estimate of drug-likeness (QED) is 0.224. The first-order valence-electron chi connectivity index (χ1n) is 14.1. The zero-order chi connectivity index (χ0) is 29.2. The predicted molar refractivity (Wildman–Crippen MR) is 157 cm³/mol. The number of carbonyl (C=O) groups is 1. The molecule has 0 aliphatic carbocycles. The van der Waals surface area contributed by atoms with Gasteiger partial charge in [0.1, 0.15) is 31.0 Å². The van der Waals surface area contributed by atoms with Gasteiger partial charge < -0.3 is 28.8 Å². The van der Waals surface area contributed by atoms with Crippen molar-refractivity contribution in [3.8, 4) is 0 Å². The van der Waals surface area contributed by atoms with Gasteiger partial charge in [-0.3, -0.25) is 4.79 Å². The molecule has 4 aromatic rings. The number of ether oxygens (including phenoxy) is 5. The van der Waals surface area contributed by atoms with Crippen LogP contribution in [0.25, 0.3) is 0 Å². The highest BCUT2D eigenvalue weighted by Gasteiger charge is 2.57. The van der Waals surface area contributed by atoms with Crippen molar-refractivity contribution >= 4 is 5.97 Å². The first-order chi connectivity index (χ1) is 20.5. The van der Waals surface area contributed by atoms with Crippen LogP contribution in [0.15, 0.2) is 121 Å². The standard InChI is InChI=1S/C35H36O7/c1-26(36)38-25-31-32(39-22-27-14-6-2-7-15-27)33(40-23-28-16-8-3-9-17-28)34(41-24-29-18-10-4-11-19-29)35(37,42-31)30-20-12-5-13-21-30/h2-21,31-34,37H,22-25H2,1H3/t31-,32-,33+,34-,35+/m1/s1. The molecule has 7 heteroatoms. The zero-order valence-corrected chi connectivity index (χ0v) is 23.6. The molecule has 1 heterocycles. The fourth-order valence-electron chi connectivity index (χ4n) is 5.09. The van der Waals surface area contributed by atoms with E-state index in [-0.39, 0.29) is 26.4 Å². The average Bonchev–Trinajstić information content (AvgIpc) is 3.03. The van der Waals surface area contributed by atoms with Crippen molar-refractivity contribution in [3.63, 3.8) is 0 Å². The number of rotatable bonds is 12. The topological polar surface area (TPSA) is 83.5 Å². The lowest BCUT2D eigenvalue weighted by molar-refractivity contribution is -0.377. The Morgan fingerprint density at radius 3 is 1.57 bits per heavy atom. The molecule has 7 nitrogen and oxygen atoms in total. The van der Waals surface area contributed by atoms with E-state index in [2.05, 4.69) is 0 Å². The lowest BCUT2D eigenvalue weighted by atomic mass is 9.87. The Bertz CT molecular complexity index is 1370. The Morgan fingerprint density at radius 2 is 1.10 bits per heavy atom. The highest BCUT2D eigenvalue weighted by atomic mass is 16.7. The lowest BCUT2D eigenvalue weighted by Crippen LogP contribution is -2.65. The lowest BCUT2D eigenvalue weighted by Gasteiger charge is -2.50. The summed E-state index contributed by atoms with van der Waals surface area (Å²) in [5.74, 6) is -2.40. The maximum Gasteiger partial charge on any atom is 0.302 e. The summed E-state index contributed by atoms with van der Waals surface area (Å²) in [6, 6.07) is 38.3. The Labute approximate surface area is 246 Å². The minimum absolute atomic E-state index is 0.138. The number of esters is 1.